The van der Waals surface area contributed by atoms with Gasteiger partial charge in [0, 0.05) is 43.6 Å². The molecule has 1 aromatic carbocycles. The maximum absolute atomic E-state index is 13.6. The Balaban J connectivity index is 1.40. The Labute approximate surface area is 156 Å². The minimum atomic E-state index is -0.664. The standard InChI is InChI=1S/C19H20FN5O2/c20-12-1-2-16-14(9-12)15(10-18(26)24-16)19(27)23-13-3-7-25(8-4-13)17-11-21-5-6-22-17/h1-2,5-6,9,11,13,15H,3-4,7-8,10H2,(H,23,27)(H,24,26)/t15-/m1/s1. The fourth-order valence-electron chi connectivity index (χ4n) is 3.68. The van der Waals surface area contributed by atoms with Gasteiger partial charge in [-0.15, -0.1) is 0 Å². The maximum atomic E-state index is 13.6. The van der Waals surface area contributed by atoms with Crippen LogP contribution in [-0.2, 0) is 9.59 Å². The molecule has 1 saturated heterocycles. The van der Waals surface area contributed by atoms with Crippen molar-refractivity contribution < 1.29 is 14.0 Å². The predicted molar refractivity (Wildman–Crippen MR) is 97.8 cm³/mol. The zero-order valence-corrected chi connectivity index (χ0v) is 14.7. The molecule has 140 valence electrons. The summed E-state index contributed by atoms with van der Waals surface area (Å²) in [7, 11) is 0. The monoisotopic (exact) mass is 369 g/mol. The van der Waals surface area contributed by atoms with E-state index in [4.69, 9.17) is 0 Å². The molecule has 0 unspecified atom stereocenters. The van der Waals surface area contributed by atoms with Crippen LogP contribution in [0.3, 0.4) is 0 Å². The van der Waals surface area contributed by atoms with Crippen LogP contribution in [-0.4, -0.2) is 40.9 Å². The number of fused-ring (bicyclic) bond motifs is 1. The number of carbonyl (C=O) groups is 2. The maximum Gasteiger partial charge on any atom is 0.228 e. The van der Waals surface area contributed by atoms with Crippen LogP contribution in [0, 0.1) is 5.82 Å². The highest BCUT2D eigenvalue weighted by molar-refractivity contribution is 6.01. The molecule has 0 radical (unpaired) electrons. The van der Waals surface area contributed by atoms with Crippen LogP contribution in [0.25, 0.3) is 0 Å². The molecule has 2 amide bonds. The summed E-state index contributed by atoms with van der Waals surface area (Å²) in [5.74, 6) is -0.709. The van der Waals surface area contributed by atoms with E-state index in [1.807, 2.05) is 0 Å². The van der Waals surface area contributed by atoms with Gasteiger partial charge in [0.05, 0.1) is 12.1 Å². The van der Waals surface area contributed by atoms with Crippen molar-refractivity contribution in [1.82, 2.24) is 15.3 Å². The Kier molecular flexibility index (Phi) is 4.70. The van der Waals surface area contributed by atoms with Crippen molar-refractivity contribution in [2.24, 2.45) is 0 Å². The van der Waals surface area contributed by atoms with Crippen LogP contribution in [0.1, 0.15) is 30.7 Å². The number of anilines is 2. The molecular formula is C19H20FN5O2. The van der Waals surface area contributed by atoms with E-state index in [1.54, 1.807) is 18.6 Å². The van der Waals surface area contributed by atoms with Crippen LogP contribution in [0.15, 0.2) is 36.8 Å². The smallest absolute Gasteiger partial charge is 0.228 e. The topological polar surface area (TPSA) is 87.2 Å². The van der Waals surface area contributed by atoms with Crippen molar-refractivity contribution in [3.8, 4) is 0 Å². The number of nitrogens with zero attached hydrogens (tertiary/aromatic N) is 3. The number of carbonyl (C=O) groups excluding carboxylic acids is 2. The Morgan fingerprint density at radius 3 is 2.81 bits per heavy atom. The Bertz CT molecular complexity index is 852. The molecule has 2 aromatic rings. The number of halogens is 1. The SMILES string of the molecule is O=C1C[C@@H](C(=O)NC2CCN(c3cnccn3)CC2)c2cc(F)ccc2N1. The first-order valence-corrected chi connectivity index (χ1v) is 9.01. The summed E-state index contributed by atoms with van der Waals surface area (Å²) in [4.78, 5) is 35.2. The fraction of sp³-hybridized carbons (Fsp3) is 0.368. The number of piperidine rings is 1. The summed E-state index contributed by atoms with van der Waals surface area (Å²) in [5.41, 5.74) is 1.04. The molecule has 0 saturated carbocycles. The van der Waals surface area contributed by atoms with Crippen molar-refractivity contribution in [1.29, 1.82) is 0 Å². The summed E-state index contributed by atoms with van der Waals surface area (Å²) in [6.07, 6.45) is 6.60. The third-order valence-electron chi connectivity index (χ3n) is 5.08. The number of rotatable bonds is 3. The highest BCUT2D eigenvalue weighted by atomic mass is 19.1. The van der Waals surface area contributed by atoms with Crippen molar-refractivity contribution in [3.05, 3.63) is 48.2 Å². The molecule has 2 N–H and O–H groups in total. The van der Waals surface area contributed by atoms with Gasteiger partial charge in [0.15, 0.2) is 0 Å². The minimum absolute atomic E-state index is 0.0208. The van der Waals surface area contributed by atoms with Crippen LogP contribution in [0.5, 0.6) is 0 Å². The lowest BCUT2D eigenvalue weighted by atomic mass is 9.89. The van der Waals surface area contributed by atoms with Crippen molar-refractivity contribution in [2.45, 2.75) is 31.2 Å². The summed E-state index contributed by atoms with van der Waals surface area (Å²) < 4.78 is 13.6. The van der Waals surface area contributed by atoms with Crippen LogP contribution in [0.4, 0.5) is 15.9 Å². The molecule has 7 nitrogen and oxygen atoms in total. The molecule has 8 heteroatoms. The molecule has 1 atom stereocenters. The number of nitrogens with one attached hydrogen (secondary N) is 2. The second-order valence-electron chi connectivity index (χ2n) is 6.87. The first-order chi connectivity index (χ1) is 13.1. The zero-order chi connectivity index (χ0) is 18.8. The Hall–Kier alpha value is -3.03. The molecule has 3 heterocycles. The first kappa shape index (κ1) is 17.4. The lowest BCUT2D eigenvalue weighted by molar-refractivity contribution is -0.127. The van der Waals surface area contributed by atoms with Crippen molar-refractivity contribution in [3.63, 3.8) is 0 Å². The van der Waals surface area contributed by atoms with Gasteiger partial charge in [-0.25, -0.2) is 9.37 Å². The van der Waals surface area contributed by atoms with Gasteiger partial charge in [-0.2, -0.15) is 0 Å². The number of hydrogen-bond donors (Lipinski definition) is 2. The first-order valence-electron chi connectivity index (χ1n) is 9.01. The van der Waals surface area contributed by atoms with E-state index in [9.17, 15) is 14.0 Å². The molecule has 0 spiro atoms. The lowest BCUT2D eigenvalue weighted by Gasteiger charge is -2.34. The van der Waals surface area contributed by atoms with E-state index in [0.717, 1.165) is 31.7 Å². The van der Waals surface area contributed by atoms with Gasteiger partial charge >= 0.3 is 0 Å². The molecular weight excluding hydrogens is 349 g/mol. The third kappa shape index (κ3) is 3.74. The van der Waals surface area contributed by atoms with Gasteiger partial charge in [-0.3, -0.25) is 14.6 Å². The van der Waals surface area contributed by atoms with E-state index < -0.39 is 11.7 Å². The molecule has 2 aliphatic heterocycles. The summed E-state index contributed by atoms with van der Waals surface area (Å²) >= 11 is 0. The number of benzene rings is 1. The molecule has 0 bridgehead atoms. The van der Waals surface area contributed by atoms with E-state index in [-0.39, 0.29) is 24.3 Å². The van der Waals surface area contributed by atoms with E-state index in [1.165, 1.54) is 18.2 Å². The second kappa shape index (κ2) is 7.30. The summed E-state index contributed by atoms with van der Waals surface area (Å²) in [6.45, 7) is 1.53. The normalized spacial score (nSPS) is 20.0. The Morgan fingerprint density at radius 2 is 2.07 bits per heavy atom. The highest BCUT2D eigenvalue weighted by Crippen LogP contribution is 2.33. The Morgan fingerprint density at radius 1 is 1.26 bits per heavy atom. The summed E-state index contributed by atoms with van der Waals surface area (Å²) in [5, 5.41) is 5.73. The molecule has 1 aromatic heterocycles. The van der Waals surface area contributed by atoms with E-state index >= 15 is 0 Å². The van der Waals surface area contributed by atoms with Gasteiger partial charge in [0.25, 0.3) is 0 Å². The lowest BCUT2D eigenvalue weighted by Crippen LogP contribution is -2.47. The van der Waals surface area contributed by atoms with Crippen LogP contribution < -0.4 is 15.5 Å². The van der Waals surface area contributed by atoms with Crippen molar-refractivity contribution >= 4 is 23.3 Å². The number of amides is 2. The van der Waals surface area contributed by atoms with Gasteiger partial charge in [-0.05, 0) is 36.6 Å². The molecule has 0 aliphatic carbocycles. The highest BCUT2D eigenvalue weighted by Gasteiger charge is 2.32. The van der Waals surface area contributed by atoms with Crippen LogP contribution in [0.2, 0.25) is 0 Å². The van der Waals surface area contributed by atoms with Crippen LogP contribution >= 0.6 is 0 Å². The number of hydrogen-bond acceptors (Lipinski definition) is 5. The number of aromatic nitrogens is 2. The largest absolute Gasteiger partial charge is 0.355 e. The second-order valence-corrected chi connectivity index (χ2v) is 6.87. The molecule has 4 rings (SSSR count). The average Bonchev–Trinajstić information content (AvgIpc) is 2.69. The molecule has 27 heavy (non-hydrogen) atoms. The molecule has 2 aliphatic rings. The molecule has 1 fully saturated rings. The van der Waals surface area contributed by atoms with E-state index in [0.29, 0.717) is 11.3 Å². The average molecular weight is 369 g/mol. The third-order valence-corrected chi connectivity index (χ3v) is 5.08. The van der Waals surface area contributed by atoms with Crippen molar-refractivity contribution in [2.75, 3.05) is 23.3 Å². The fourth-order valence-corrected chi connectivity index (χ4v) is 3.68. The van der Waals surface area contributed by atoms with Gasteiger partial charge < -0.3 is 15.5 Å². The quantitative estimate of drug-likeness (QED) is 0.862. The van der Waals surface area contributed by atoms with Gasteiger partial charge in [0.2, 0.25) is 11.8 Å². The van der Waals surface area contributed by atoms with E-state index in [2.05, 4.69) is 25.5 Å². The van der Waals surface area contributed by atoms with Gasteiger partial charge in [0.1, 0.15) is 11.6 Å². The summed E-state index contributed by atoms with van der Waals surface area (Å²) in [6, 6.07) is 4.13. The van der Waals surface area contributed by atoms with Gasteiger partial charge in [-0.1, -0.05) is 0 Å². The zero-order valence-electron chi connectivity index (χ0n) is 14.7. The predicted octanol–water partition coefficient (Wildman–Crippen LogP) is 1.83. The minimum Gasteiger partial charge on any atom is -0.355 e.